The Hall–Kier alpha value is -3.43. The van der Waals surface area contributed by atoms with E-state index in [1.54, 1.807) is 19.9 Å². The number of aliphatic carboxylic acids is 1. The summed E-state index contributed by atoms with van der Waals surface area (Å²) in [4.78, 5) is 42.9. The summed E-state index contributed by atoms with van der Waals surface area (Å²) in [5, 5.41) is 18.8. The quantitative estimate of drug-likeness (QED) is 0.675. The summed E-state index contributed by atoms with van der Waals surface area (Å²) in [5.74, 6) is -0.831. The normalized spacial score (nSPS) is 14.6. The molecule has 2 N–H and O–H groups in total. The molecule has 2 aromatic rings. The molecule has 29 heavy (non-hydrogen) atoms. The first kappa shape index (κ1) is 20.3. The zero-order chi connectivity index (χ0) is 21.0. The standard InChI is InChI=1S/C19H21N5O5/c1-19(2,18(27)21-13-6-4-3-5-12(13)17(25)26)9-15-22-16(24-29-15)14-8-7-11(23-28)10-20-14/h7-8,10H,3-6,9H2,1-2H3,(H,21,27)(H,25,26). The van der Waals surface area contributed by atoms with Gasteiger partial charge in [0.1, 0.15) is 11.4 Å². The Balaban J connectivity index is 1.71. The highest BCUT2D eigenvalue weighted by Gasteiger charge is 2.32. The minimum atomic E-state index is -0.998. The Bertz CT molecular complexity index is 962. The van der Waals surface area contributed by atoms with Gasteiger partial charge in [0, 0.05) is 12.1 Å². The maximum atomic E-state index is 12.8. The van der Waals surface area contributed by atoms with Gasteiger partial charge in [-0.05, 0) is 43.0 Å². The Labute approximate surface area is 166 Å². The van der Waals surface area contributed by atoms with Crippen molar-refractivity contribution in [2.24, 2.45) is 10.6 Å². The number of carboxylic acid groups (broad SMARTS) is 1. The topological polar surface area (TPSA) is 148 Å². The van der Waals surface area contributed by atoms with Gasteiger partial charge in [-0.15, -0.1) is 4.91 Å². The molecule has 0 fully saturated rings. The van der Waals surface area contributed by atoms with Crippen molar-refractivity contribution in [2.75, 3.05) is 0 Å². The first-order valence-corrected chi connectivity index (χ1v) is 9.19. The highest BCUT2D eigenvalue weighted by Crippen LogP contribution is 2.27. The van der Waals surface area contributed by atoms with E-state index in [0.29, 0.717) is 24.2 Å². The van der Waals surface area contributed by atoms with Crippen LogP contribution in [-0.2, 0) is 16.0 Å². The van der Waals surface area contributed by atoms with E-state index in [0.717, 1.165) is 12.8 Å². The zero-order valence-corrected chi connectivity index (χ0v) is 16.1. The number of rotatable bonds is 7. The summed E-state index contributed by atoms with van der Waals surface area (Å²) in [6.45, 7) is 3.44. The second kappa shape index (κ2) is 8.29. The van der Waals surface area contributed by atoms with Gasteiger partial charge in [0.15, 0.2) is 0 Å². The highest BCUT2D eigenvalue weighted by atomic mass is 16.5. The third-order valence-corrected chi connectivity index (χ3v) is 4.75. The zero-order valence-electron chi connectivity index (χ0n) is 16.1. The molecule has 0 saturated carbocycles. The molecule has 2 heterocycles. The average Bonchev–Trinajstić information content (AvgIpc) is 3.16. The van der Waals surface area contributed by atoms with Crippen molar-refractivity contribution in [2.45, 2.75) is 46.0 Å². The molecule has 152 valence electrons. The van der Waals surface area contributed by atoms with E-state index < -0.39 is 11.4 Å². The highest BCUT2D eigenvalue weighted by molar-refractivity contribution is 5.90. The number of allylic oxidation sites excluding steroid dienone is 1. The Kier molecular flexibility index (Phi) is 5.81. The van der Waals surface area contributed by atoms with Gasteiger partial charge in [0.05, 0.1) is 17.2 Å². The molecule has 0 spiro atoms. The summed E-state index contributed by atoms with van der Waals surface area (Å²) >= 11 is 0. The molecule has 1 amide bonds. The average molecular weight is 399 g/mol. The Morgan fingerprint density at radius 2 is 2.03 bits per heavy atom. The van der Waals surface area contributed by atoms with E-state index in [9.17, 15) is 19.6 Å². The summed E-state index contributed by atoms with van der Waals surface area (Å²) in [6, 6.07) is 3.03. The van der Waals surface area contributed by atoms with Crippen LogP contribution in [0.1, 0.15) is 45.4 Å². The number of nitroso groups, excluding NO2 is 1. The number of amides is 1. The molecular weight excluding hydrogens is 378 g/mol. The lowest BCUT2D eigenvalue weighted by atomic mass is 9.87. The number of carboxylic acids is 1. The third-order valence-electron chi connectivity index (χ3n) is 4.75. The van der Waals surface area contributed by atoms with Crippen LogP contribution in [0.15, 0.2) is 39.3 Å². The minimum absolute atomic E-state index is 0.162. The van der Waals surface area contributed by atoms with Gasteiger partial charge in [-0.3, -0.25) is 9.78 Å². The molecule has 0 bridgehead atoms. The van der Waals surface area contributed by atoms with Crippen molar-refractivity contribution in [3.63, 3.8) is 0 Å². The van der Waals surface area contributed by atoms with Gasteiger partial charge in [0.25, 0.3) is 0 Å². The monoisotopic (exact) mass is 399 g/mol. The van der Waals surface area contributed by atoms with E-state index in [2.05, 4.69) is 25.6 Å². The molecule has 0 aromatic carbocycles. The maximum Gasteiger partial charge on any atom is 0.333 e. The number of aromatic nitrogens is 3. The van der Waals surface area contributed by atoms with Crippen LogP contribution >= 0.6 is 0 Å². The predicted octanol–water partition coefficient (Wildman–Crippen LogP) is 3.13. The second-order valence-corrected chi connectivity index (χ2v) is 7.49. The molecule has 2 aromatic heterocycles. The SMILES string of the molecule is CC(C)(Cc1nc(-c2ccc(N=O)cn2)no1)C(=O)NC1=C(C(=O)O)CCCC1. The van der Waals surface area contributed by atoms with Crippen molar-refractivity contribution in [3.8, 4) is 11.5 Å². The van der Waals surface area contributed by atoms with Gasteiger partial charge < -0.3 is 14.9 Å². The molecular formula is C19H21N5O5. The molecule has 0 saturated heterocycles. The fourth-order valence-corrected chi connectivity index (χ4v) is 3.05. The molecule has 0 radical (unpaired) electrons. The molecule has 1 aliphatic rings. The lowest BCUT2D eigenvalue weighted by Gasteiger charge is -2.25. The second-order valence-electron chi connectivity index (χ2n) is 7.49. The maximum absolute atomic E-state index is 12.8. The van der Waals surface area contributed by atoms with E-state index >= 15 is 0 Å². The largest absolute Gasteiger partial charge is 0.478 e. The van der Waals surface area contributed by atoms with E-state index in [1.807, 2.05) is 0 Å². The number of nitrogens with zero attached hydrogens (tertiary/aromatic N) is 4. The van der Waals surface area contributed by atoms with Crippen molar-refractivity contribution >= 4 is 17.6 Å². The third kappa shape index (κ3) is 4.71. The molecule has 0 aliphatic heterocycles. The van der Waals surface area contributed by atoms with E-state index in [4.69, 9.17) is 4.52 Å². The van der Waals surface area contributed by atoms with Gasteiger partial charge >= 0.3 is 5.97 Å². The number of carbonyl (C=O) groups excluding carboxylic acids is 1. The Morgan fingerprint density at radius 1 is 1.28 bits per heavy atom. The van der Waals surface area contributed by atoms with Crippen LogP contribution in [0.4, 0.5) is 5.69 Å². The van der Waals surface area contributed by atoms with Crippen molar-refractivity contribution in [3.05, 3.63) is 40.4 Å². The lowest BCUT2D eigenvalue weighted by molar-refractivity contribution is -0.133. The summed E-state index contributed by atoms with van der Waals surface area (Å²) in [5.41, 5.74) is 0.429. The van der Waals surface area contributed by atoms with Crippen LogP contribution in [0.5, 0.6) is 0 Å². The number of hydrogen-bond donors (Lipinski definition) is 2. The number of nitrogens with one attached hydrogen (secondary N) is 1. The minimum Gasteiger partial charge on any atom is -0.478 e. The summed E-state index contributed by atoms with van der Waals surface area (Å²) < 4.78 is 5.24. The number of pyridine rings is 1. The van der Waals surface area contributed by atoms with Crippen molar-refractivity contribution in [1.29, 1.82) is 0 Å². The first-order valence-electron chi connectivity index (χ1n) is 9.19. The van der Waals surface area contributed by atoms with Crippen LogP contribution < -0.4 is 5.32 Å². The van der Waals surface area contributed by atoms with Crippen LogP contribution in [0, 0.1) is 10.3 Å². The molecule has 3 rings (SSSR count). The number of carbonyl (C=O) groups is 2. The van der Waals surface area contributed by atoms with Crippen LogP contribution in [0.2, 0.25) is 0 Å². The first-order chi connectivity index (χ1) is 13.8. The molecule has 0 atom stereocenters. The van der Waals surface area contributed by atoms with Crippen molar-refractivity contribution < 1.29 is 19.2 Å². The van der Waals surface area contributed by atoms with Gasteiger partial charge in [-0.1, -0.05) is 19.0 Å². The van der Waals surface area contributed by atoms with Gasteiger partial charge in [-0.25, -0.2) is 4.79 Å². The van der Waals surface area contributed by atoms with E-state index in [1.165, 1.54) is 12.3 Å². The van der Waals surface area contributed by atoms with E-state index in [-0.39, 0.29) is 35.3 Å². The smallest absolute Gasteiger partial charge is 0.333 e. The summed E-state index contributed by atoms with van der Waals surface area (Å²) in [7, 11) is 0. The molecule has 10 nitrogen and oxygen atoms in total. The Morgan fingerprint density at radius 3 is 2.69 bits per heavy atom. The van der Waals surface area contributed by atoms with Crippen molar-refractivity contribution in [1.82, 2.24) is 20.4 Å². The fourth-order valence-electron chi connectivity index (χ4n) is 3.05. The van der Waals surface area contributed by atoms with Gasteiger partial charge in [-0.2, -0.15) is 4.98 Å². The van der Waals surface area contributed by atoms with Crippen LogP contribution in [0.25, 0.3) is 11.5 Å². The summed E-state index contributed by atoms with van der Waals surface area (Å²) in [6.07, 6.45) is 4.08. The molecule has 1 aliphatic carbocycles. The van der Waals surface area contributed by atoms with Crippen LogP contribution in [0.3, 0.4) is 0 Å². The fraction of sp³-hybridized carbons (Fsp3) is 0.421. The van der Waals surface area contributed by atoms with Crippen LogP contribution in [-0.4, -0.2) is 32.1 Å². The predicted molar refractivity (Wildman–Crippen MR) is 102 cm³/mol. The van der Waals surface area contributed by atoms with Gasteiger partial charge in [0.2, 0.25) is 17.6 Å². The number of hydrogen-bond acceptors (Lipinski definition) is 8. The molecule has 0 unspecified atom stereocenters. The molecule has 10 heteroatoms. The lowest BCUT2D eigenvalue weighted by Crippen LogP contribution is -2.39.